The monoisotopic (exact) mass is 155 g/mol. The van der Waals surface area contributed by atoms with Gasteiger partial charge in [0.2, 0.25) is 5.91 Å². The first-order valence-corrected chi connectivity index (χ1v) is 3.36. The van der Waals surface area contributed by atoms with Crippen molar-refractivity contribution >= 4 is 11.9 Å². The van der Waals surface area contributed by atoms with Gasteiger partial charge in [-0.3, -0.25) is 4.79 Å². The Bertz CT molecular complexity index is 206. The van der Waals surface area contributed by atoms with E-state index in [4.69, 9.17) is 10.5 Å². The molecule has 0 aromatic heterocycles. The summed E-state index contributed by atoms with van der Waals surface area (Å²) >= 11 is 0. The third kappa shape index (κ3) is 3.40. The van der Waals surface area contributed by atoms with Crippen molar-refractivity contribution in [3.05, 3.63) is 12.2 Å². The van der Waals surface area contributed by atoms with Crippen LogP contribution in [0.4, 0.5) is 0 Å². The molecule has 1 saturated carbocycles. The SMILES string of the molecule is NC(=O)/C=C\C(=O)OC1CC1. The van der Waals surface area contributed by atoms with Crippen molar-refractivity contribution in [2.75, 3.05) is 0 Å². The molecule has 0 heterocycles. The summed E-state index contributed by atoms with van der Waals surface area (Å²) in [5.74, 6) is -1.14. The predicted octanol–water partition coefficient (Wildman–Crippen LogP) is -0.267. The van der Waals surface area contributed by atoms with Crippen LogP contribution in [0.5, 0.6) is 0 Å². The largest absolute Gasteiger partial charge is 0.459 e. The van der Waals surface area contributed by atoms with Crippen LogP contribution in [0.1, 0.15) is 12.8 Å². The van der Waals surface area contributed by atoms with E-state index >= 15 is 0 Å². The second-order valence-electron chi connectivity index (χ2n) is 2.37. The molecule has 1 fully saturated rings. The topological polar surface area (TPSA) is 69.4 Å². The minimum atomic E-state index is -0.641. The number of esters is 1. The van der Waals surface area contributed by atoms with Gasteiger partial charge in [0.25, 0.3) is 0 Å². The standard InChI is InChI=1S/C7H9NO3/c8-6(9)3-4-7(10)11-5-1-2-5/h3-5H,1-2H2,(H2,8,9)/b4-3-. The lowest BCUT2D eigenvalue weighted by molar-refractivity contribution is -0.139. The molecule has 1 amide bonds. The molecule has 0 aromatic rings. The fourth-order valence-electron chi connectivity index (χ4n) is 0.540. The van der Waals surface area contributed by atoms with Crippen LogP contribution in [0.15, 0.2) is 12.2 Å². The molecule has 4 heteroatoms. The Morgan fingerprint density at radius 3 is 2.45 bits per heavy atom. The molecule has 0 atom stereocenters. The lowest BCUT2D eigenvalue weighted by Gasteiger charge is -1.94. The van der Waals surface area contributed by atoms with Crippen LogP contribution in [-0.2, 0) is 14.3 Å². The summed E-state index contributed by atoms with van der Waals surface area (Å²) in [5.41, 5.74) is 4.75. The molecule has 11 heavy (non-hydrogen) atoms. The average molecular weight is 155 g/mol. The molecule has 60 valence electrons. The summed E-state index contributed by atoms with van der Waals surface area (Å²) in [5, 5.41) is 0. The molecule has 0 saturated heterocycles. The third-order valence-electron chi connectivity index (χ3n) is 1.19. The Balaban J connectivity index is 2.23. The number of hydrogen-bond acceptors (Lipinski definition) is 3. The van der Waals surface area contributed by atoms with E-state index in [2.05, 4.69) is 0 Å². The lowest BCUT2D eigenvalue weighted by atomic mass is 10.5. The summed E-state index contributed by atoms with van der Waals surface area (Å²) in [4.78, 5) is 20.8. The van der Waals surface area contributed by atoms with E-state index in [1.807, 2.05) is 0 Å². The predicted molar refractivity (Wildman–Crippen MR) is 37.4 cm³/mol. The number of carbonyl (C=O) groups excluding carboxylic acids is 2. The molecule has 1 aliphatic carbocycles. The van der Waals surface area contributed by atoms with Crippen LogP contribution < -0.4 is 5.73 Å². The van der Waals surface area contributed by atoms with E-state index in [1.165, 1.54) is 0 Å². The van der Waals surface area contributed by atoms with Gasteiger partial charge < -0.3 is 10.5 Å². The molecule has 4 nitrogen and oxygen atoms in total. The first kappa shape index (κ1) is 7.78. The van der Waals surface area contributed by atoms with Crippen LogP contribution >= 0.6 is 0 Å². The molecule has 0 aromatic carbocycles. The maximum Gasteiger partial charge on any atom is 0.331 e. The molecular weight excluding hydrogens is 146 g/mol. The van der Waals surface area contributed by atoms with Crippen molar-refractivity contribution in [3.8, 4) is 0 Å². The minimum Gasteiger partial charge on any atom is -0.459 e. The lowest BCUT2D eigenvalue weighted by Crippen LogP contribution is -2.08. The van der Waals surface area contributed by atoms with E-state index in [-0.39, 0.29) is 6.10 Å². The van der Waals surface area contributed by atoms with Gasteiger partial charge in [-0.1, -0.05) is 0 Å². The molecule has 0 radical (unpaired) electrons. The summed E-state index contributed by atoms with van der Waals surface area (Å²) in [6.45, 7) is 0. The highest BCUT2D eigenvalue weighted by Gasteiger charge is 2.24. The molecular formula is C7H9NO3. The van der Waals surface area contributed by atoms with Gasteiger partial charge in [-0.05, 0) is 12.8 Å². The Morgan fingerprint density at radius 1 is 1.36 bits per heavy atom. The normalized spacial score (nSPS) is 16.7. The molecule has 2 N–H and O–H groups in total. The highest BCUT2D eigenvalue weighted by atomic mass is 16.5. The number of hydrogen-bond donors (Lipinski definition) is 1. The van der Waals surface area contributed by atoms with Crippen molar-refractivity contribution in [1.82, 2.24) is 0 Å². The number of rotatable bonds is 3. The van der Waals surface area contributed by atoms with Crippen molar-refractivity contribution in [3.63, 3.8) is 0 Å². The molecule has 0 unspecified atom stereocenters. The number of primary amides is 1. The summed E-state index contributed by atoms with van der Waals surface area (Å²) in [7, 11) is 0. The zero-order valence-corrected chi connectivity index (χ0v) is 5.95. The molecule has 1 rings (SSSR count). The third-order valence-corrected chi connectivity index (χ3v) is 1.19. The molecule has 0 aliphatic heterocycles. The number of ether oxygens (including phenoxy) is 1. The Kier molecular flexibility index (Phi) is 2.25. The second-order valence-corrected chi connectivity index (χ2v) is 2.37. The van der Waals surface area contributed by atoms with Crippen LogP contribution in [-0.4, -0.2) is 18.0 Å². The van der Waals surface area contributed by atoms with E-state index in [0.717, 1.165) is 25.0 Å². The van der Waals surface area contributed by atoms with E-state index in [9.17, 15) is 9.59 Å². The van der Waals surface area contributed by atoms with E-state index in [1.54, 1.807) is 0 Å². The Labute approximate surface area is 64.0 Å². The van der Waals surface area contributed by atoms with Gasteiger partial charge in [0, 0.05) is 12.2 Å². The zero-order valence-electron chi connectivity index (χ0n) is 5.95. The second kappa shape index (κ2) is 3.18. The number of carbonyl (C=O) groups is 2. The van der Waals surface area contributed by atoms with E-state index < -0.39 is 11.9 Å². The highest BCUT2D eigenvalue weighted by Crippen LogP contribution is 2.23. The minimum absolute atomic E-state index is 0.0695. The Hall–Kier alpha value is -1.32. The maximum absolute atomic E-state index is 10.7. The van der Waals surface area contributed by atoms with Gasteiger partial charge in [-0.15, -0.1) is 0 Å². The van der Waals surface area contributed by atoms with Gasteiger partial charge >= 0.3 is 5.97 Å². The maximum atomic E-state index is 10.7. The molecule has 1 aliphatic rings. The zero-order chi connectivity index (χ0) is 8.27. The fourth-order valence-corrected chi connectivity index (χ4v) is 0.540. The number of nitrogens with two attached hydrogens (primary N) is 1. The van der Waals surface area contributed by atoms with Gasteiger partial charge in [0.1, 0.15) is 6.10 Å². The van der Waals surface area contributed by atoms with Gasteiger partial charge in [0.05, 0.1) is 0 Å². The van der Waals surface area contributed by atoms with Crippen molar-refractivity contribution < 1.29 is 14.3 Å². The van der Waals surface area contributed by atoms with Gasteiger partial charge in [0.15, 0.2) is 0 Å². The number of amides is 1. The average Bonchev–Trinajstić information content (AvgIpc) is 2.67. The fraction of sp³-hybridized carbons (Fsp3) is 0.429. The Morgan fingerprint density at radius 2 is 2.00 bits per heavy atom. The summed E-state index contributed by atoms with van der Waals surface area (Å²) in [6.07, 6.45) is 3.96. The van der Waals surface area contributed by atoms with E-state index in [0.29, 0.717) is 0 Å². The summed E-state index contributed by atoms with van der Waals surface area (Å²) in [6, 6.07) is 0. The van der Waals surface area contributed by atoms with Crippen LogP contribution in [0.3, 0.4) is 0 Å². The van der Waals surface area contributed by atoms with Gasteiger partial charge in [-0.25, -0.2) is 4.79 Å². The summed E-state index contributed by atoms with van der Waals surface area (Å²) < 4.78 is 4.78. The van der Waals surface area contributed by atoms with Crippen LogP contribution in [0.25, 0.3) is 0 Å². The van der Waals surface area contributed by atoms with Crippen LogP contribution in [0.2, 0.25) is 0 Å². The quantitative estimate of drug-likeness (QED) is 0.450. The van der Waals surface area contributed by atoms with Crippen molar-refractivity contribution in [1.29, 1.82) is 0 Å². The smallest absolute Gasteiger partial charge is 0.331 e. The molecule has 0 spiro atoms. The molecule has 0 bridgehead atoms. The van der Waals surface area contributed by atoms with Gasteiger partial charge in [-0.2, -0.15) is 0 Å². The van der Waals surface area contributed by atoms with Crippen molar-refractivity contribution in [2.45, 2.75) is 18.9 Å². The van der Waals surface area contributed by atoms with Crippen molar-refractivity contribution in [2.24, 2.45) is 5.73 Å². The highest BCUT2D eigenvalue weighted by molar-refractivity contribution is 5.93. The van der Waals surface area contributed by atoms with Crippen LogP contribution in [0, 0.1) is 0 Å². The first-order chi connectivity index (χ1) is 5.18. The first-order valence-electron chi connectivity index (χ1n) is 3.36.